The van der Waals surface area contributed by atoms with Crippen LogP contribution in [0.3, 0.4) is 0 Å². The molecule has 3 heteroatoms. The number of pyridine rings is 1. The zero-order chi connectivity index (χ0) is 17.3. The average molecular weight is 332 g/mol. The summed E-state index contributed by atoms with van der Waals surface area (Å²) in [6, 6.07) is 34.1. The Morgan fingerprint density at radius 3 is 2.15 bits per heavy atom. The van der Waals surface area contributed by atoms with Gasteiger partial charge in [-0.05, 0) is 29.7 Å². The number of para-hydroxylation sites is 2. The Labute approximate surface area is 153 Å². The third kappa shape index (κ3) is 2.32. The molecule has 1 aromatic heterocycles. The quantitative estimate of drug-likeness (QED) is 0.516. The molecular weight excluding hydrogens is 315 g/mol. The van der Waals surface area contributed by atoms with E-state index in [1.807, 2.05) is 12.3 Å². The molecule has 0 saturated heterocycles. The molecule has 0 aliphatic carbocycles. The molecule has 4 aromatic rings. The van der Waals surface area contributed by atoms with Crippen LogP contribution in [0.1, 0.15) is 0 Å². The molecule has 26 heavy (non-hydrogen) atoms. The lowest BCUT2D eigenvalue weighted by atomic mass is 9.46. The fourth-order valence-corrected chi connectivity index (χ4v) is 3.87. The lowest BCUT2D eigenvalue weighted by molar-refractivity contribution is 1.29. The van der Waals surface area contributed by atoms with E-state index in [4.69, 9.17) is 4.98 Å². The number of benzene rings is 3. The largest absolute Gasteiger partial charge is 0.376 e. The summed E-state index contributed by atoms with van der Waals surface area (Å²) in [5, 5.41) is 0. The van der Waals surface area contributed by atoms with Crippen molar-refractivity contribution in [2.45, 2.75) is 0 Å². The molecule has 122 valence electrons. The standard InChI is InChI=1S/C23H17BN2/c1-3-10-18(11-4-1)24-21-15-9-17-25-23(21)20-14-7-8-16-22(20)26(24)19-12-5-2-6-13-19/h1-17H. The fourth-order valence-electron chi connectivity index (χ4n) is 3.87. The maximum atomic E-state index is 4.74. The highest BCUT2D eigenvalue weighted by molar-refractivity contribution is 6.90. The van der Waals surface area contributed by atoms with Crippen LogP contribution in [0.25, 0.3) is 11.3 Å². The molecule has 0 unspecified atom stereocenters. The first-order chi connectivity index (χ1) is 12.9. The minimum absolute atomic E-state index is 0.0946. The summed E-state index contributed by atoms with van der Waals surface area (Å²) in [6.07, 6.45) is 1.88. The Balaban J connectivity index is 1.83. The maximum absolute atomic E-state index is 4.74. The van der Waals surface area contributed by atoms with E-state index in [0.717, 1.165) is 5.69 Å². The highest BCUT2D eigenvalue weighted by Crippen LogP contribution is 2.38. The number of nitrogens with zero attached hydrogens (tertiary/aromatic N) is 2. The highest BCUT2D eigenvalue weighted by Gasteiger charge is 2.37. The number of hydrogen-bond donors (Lipinski definition) is 0. The molecule has 1 aliphatic heterocycles. The highest BCUT2D eigenvalue weighted by atomic mass is 15.1. The van der Waals surface area contributed by atoms with Gasteiger partial charge in [0.2, 0.25) is 0 Å². The van der Waals surface area contributed by atoms with E-state index < -0.39 is 0 Å². The van der Waals surface area contributed by atoms with Crippen molar-refractivity contribution in [2.24, 2.45) is 0 Å². The average Bonchev–Trinajstić information content (AvgIpc) is 2.74. The predicted molar refractivity (Wildman–Crippen MR) is 110 cm³/mol. The fraction of sp³-hybridized carbons (Fsp3) is 0. The van der Waals surface area contributed by atoms with Crippen molar-refractivity contribution < 1.29 is 0 Å². The van der Waals surface area contributed by atoms with Crippen LogP contribution in [0, 0.1) is 0 Å². The van der Waals surface area contributed by atoms with Crippen molar-refractivity contribution in [3.05, 3.63) is 103 Å². The van der Waals surface area contributed by atoms with Crippen LogP contribution in [0.4, 0.5) is 11.4 Å². The zero-order valence-corrected chi connectivity index (χ0v) is 14.3. The van der Waals surface area contributed by atoms with E-state index in [1.165, 1.54) is 27.9 Å². The molecule has 1 aliphatic rings. The van der Waals surface area contributed by atoms with Crippen molar-refractivity contribution in [3.63, 3.8) is 0 Å². The zero-order valence-electron chi connectivity index (χ0n) is 14.3. The molecule has 0 amide bonds. The van der Waals surface area contributed by atoms with Gasteiger partial charge < -0.3 is 4.81 Å². The minimum atomic E-state index is 0.0946. The second-order valence-corrected chi connectivity index (χ2v) is 6.48. The molecule has 0 saturated carbocycles. The van der Waals surface area contributed by atoms with Crippen LogP contribution in [0.5, 0.6) is 0 Å². The number of aromatic nitrogens is 1. The van der Waals surface area contributed by atoms with Gasteiger partial charge >= 0.3 is 6.85 Å². The first kappa shape index (κ1) is 15.0. The Morgan fingerprint density at radius 1 is 0.654 bits per heavy atom. The van der Waals surface area contributed by atoms with Gasteiger partial charge in [-0.1, -0.05) is 78.3 Å². The molecule has 0 radical (unpaired) electrons. The summed E-state index contributed by atoms with van der Waals surface area (Å²) in [7, 11) is 0. The van der Waals surface area contributed by atoms with E-state index >= 15 is 0 Å². The van der Waals surface area contributed by atoms with Crippen molar-refractivity contribution in [1.82, 2.24) is 4.98 Å². The van der Waals surface area contributed by atoms with Crippen LogP contribution in [0.15, 0.2) is 103 Å². The summed E-state index contributed by atoms with van der Waals surface area (Å²) < 4.78 is 0. The Hall–Kier alpha value is -3.33. The van der Waals surface area contributed by atoms with Crippen LogP contribution in [0.2, 0.25) is 0 Å². The lowest BCUT2D eigenvalue weighted by Crippen LogP contribution is -2.57. The molecular formula is C23H17BN2. The van der Waals surface area contributed by atoms with E-state index in [2.05, 4.69) is 95.8 Å². The normalized spacial score (nSPS) is 12.5. The van der Waals surface area contributed by atoms with Gasteiger partial charge in [0.15, 0.2) is 0 Å². The van der Waals surface area contributed by atoms with E-state index in [-0.39, 0.29) is 6.85 Å². The number of rotatable bonds is 2. The Kier molecular flexibility index (Phi) is 3.57. The summed E-state index contributed by atoms with van der Waals surface area (Å²) >= 11 is 0. The van der Waals surface area contributed by atoms with E-state index in [9.17, 15) is 0 Å². The van der Waals surface area contributed by atoms with Crippen LogP contribution in [-0.2, 0) is 0 Å². The van der Waals surface area contributed by atoms with E-state index in [0.29, 0.717) is 0 Å². The number of fused-ring (bicyclic) bond motifs is 3. The van der Waals surface area contributed by atoms with Crippen LogP contribution < -0.4 is 15.7 Å². The summed E-state index contributed by atoms with van der Waals surface area (Å²) in [5.41, 5.74) is 7.13. The predicted octanol–water partition coefficient (Wildman–Crippen LogP) is 4.01. The SMILES string of the molecule is c1ccc(B2c3cccnc3-c3ccccc3N2c2ccccc2)cc1. The van der Waals surface area contributed by atoms with E-state index in [1.54, 1.807) is 0 Å². The van der Waals surface area contributed by atoms with Crippen molar-refractivity contribution in [1.29, 1.82) is 0 Å². The summed E-state index contributed by atoms with van der Waals surface area (Å²) in [4.78, 5) is 7.16. The topological polar surface area (TPSA) is 16.1 Å². The van der Waals surface area contributed by atoms with Crippen LogP contribution in [-0.4, -0.2) is 11.8 Å². The van der Waals surface area contributed by atoms with Crippen molar-refractivity contribution in [2.75, 3.05) is 4.81 Å². The van der Waals surface area contributed by atoms with Gasteiger partial charge in [-0.3, -0.25) is 4.98 Å². The molecule has 0 bridgehead atoms. The molecule has 2 nitrogen and oxygen atoms in total. The maximum Gasteiger partial charge on any atom is 0.330 e. The molecule has 3 aromatic carbocycles. The first-order valence-corrected chi connectivity index (χ1v) is 8.87. The van der Waals surface area contributed by atoms with Crippen LogP contribution >= 0.6 is 0 Å². The first-order valence-electron chi connectivity index (χ1n) is 8.87. The monoisotopic (exact) mass is 332 g/mol. The number of anilines is 2. The minimum Gasteiger partial charge on any atom is -0.376 e. The molecule has 2 heterocycles. The number of hydrogen-bond acceptors (Lipinski definition) is 2. The van der Waals surface area contributed by atoms with Crippen molar-refractivity contribution in [3.8, 4) is 11.3 Å². The third-order valence-electron chi connectivity index (χ3n) is 4.96. The lowest BCUT2D eigenvalue weighted by Gasteiger charge is -2.38. The van der Waals surface area contributed by atoms with Gasteiger partial charge in [-0.2, -0.15) is 0 Å². The van der Waals surface area contributed by atoms with Gasteiger partial charge in [0.1, 0.15) is 0 Å². The Bertz CT molecular complexity index is 961. The third-order valence-corrected chi connectivity index (χ3v) is 4.96. The van der Waals surface area contributed by atoms with Gasteiger partial charge in [0.05, 0.1) is 5.69 Å². The second kappa shape index (κ2) is 6.19. The van der Waals surface area contributed by atoms with Gasteiger partial charge in [0, 0.05) is 23.1 Å². The van der Waals surface area contributed by atoms with Gasteiger partial charge in [-0.15, -0.1) is 0 Å². The van der Waals surface area contributed by atoms with Gasteiger partial charge in [0.25, 0.3) is 0 Å². The summed E-state index contributed by atoms with van der Waals surface area (Å²) in [6.45, 7) is 0.0946. The molecule has 0 spiro atoms. The molecule has 0 atom stereocenters. The molecule has 5 rings (SSSR count). The summed E-state index contributed by atoms with van der Waals surface area (Å²) in [5.74, 6) is 0. The Morgan fingerprint density at radius 2 is 1.35 bits per heavy atom. The molecule has 0 fully saturated rings. The second-order valence-electron chi connectivity index (χ2n) is 6.48. The smallest absolute Gasteiger partial charge is 0.330 e. The van der Waals surface area contributed by atoms with Gasteiger partial charge in [-0.25, -0.2) is 0 Å². The molecule has 0 N–H and O–H groups in total. The van der Waals surface area contributed by atoms with Crippen molar-refractivity contribution >= 4 is 29.1 Å².